The van der Waals surface area contributed by atoms with Crippen LogP contribution in [0.2, 0.25) is 5.02 Å². The van der Waals surface area contributed by atoms with Crippen molar-refractivity contribution in [3.05, 3.63) is 28.8 Å². The van der Waals surface area contributed by atoms with Crippen molar-refractivity contribution in [1.29, 1.82) is 0 Å². The van der Waals surface area contributed by atoms with Crippen LogP contribution in [-0.2, 0) is 16.6 Å². The first-order chi connectivity index (χ1) is 9.26. The summed E-state index contributed by atoms with van der Waals surface area (Å²) in [5.74, 6) is 0. The van der Waals surface area contributed by atoms with Gasteiger partial charge in [-0.25, -0.2) is 13.1 Å². The van der Waals surface area contributed by atoms with Gasteiger partial charge in [0.05, 0.1) is 4.90 Å². The highest BCUT2D eigenvalue weighted by Gasteiger charge is 2.18. The molecule has 1 aromatic carbocycles. The first-order valence-electron chi connectivity index (χ1n) is 6.36. The van der Waals surface area contributed by atoms with Crippen LogP contribution in [0, 0.1) is 0 Å². The van der Waals surface area contributed by atoms with Gasteiger partial charge in [0.25, 0.3) is 0 Å². The van der Waals surface area contributed by atoms with Crippen molar-refractivity contribution in [3.8, 4) is 0 Å². The van der Waals surface area contributed by atoms with E-state index in [2.05, 4.69) is 10.0 Å². The number of nitrogens with zero attached hydrogens (tertiary/aromatic N) is 1. The van der Waals surface area contributed by atoms with Crippen molar-refractivity contribution in [3.63, 3.8) is 0 Å². The van der Waals surface area contributed by atoms with Crippen LogP contribution in [0.15, 0.2) is 23.1 Å². The first-order valence-corrected chi connectivity index (χ1v) is 8.22. The molecule has 0 radical (unpaired) electrons. The Morgan fingerprint density at radius 3 is 2.55 bits per heavy atom. The van der Waals surface area contributed by atoms with Crippen LogP contribution in [0.3, 0.4) is 0 Å². The average Bonchev–Trinajstić information content (AvgIpc) is 2.30. The molecule has 2 N–H and O–H groups in total. The molecule has 1 atom stereocenters. The number of likely N-dealkylation sites (N-methyl/N-ethyl adjacent to an activating group) is 1. The summed E-state index contributed by atoms with van der Waals surface area (Å²) in [6.45, 7) is 2.99. The number of halogens is 1. The van der Waals surface area contributed by atoms with Crippen molar-refractivity contribution < 1.29 is 8.42 Å². The lowest BCUT2D eigenvalue weighted by Gasteiger charge is -2.18. The molecule has 7 heteroatoms. The maximum Gasteiger partial charge on any atom is 0.240 e. The van der Waals surface area contributed by atoms with E-state index in [1.165, 1.54) is 6.07 Å². The number of hydrogen-bond donors (Lipinski definition) is 2. The van der Waals surface area contributed by atoms with Crippen LogP contribution in [0.1, 0.15) is 12.5 Å². The number of hydrogen-bond acceptors (Lipinski definition) is 4. The largest absolute Gasteiger partial charge is 0.316 e. The van der Waals surface area contributed by atoms with Gasteiger partial charge in [-0.3, -0.25) is 0 Å². The van der Waals surface area contributed by atoms with Crippen LogP contribution >= 0.6 is 11.6 Å². The molecule has 0 saturated heterocycles. The van der Waals surface area contributed by atoms with Crippen LogP contribution in [0.5, 0.6) is 0 Å². The minimum atomic E-state index is -3.53. The number of sulfonamides is 1. The maximum atomic E-state index is 12.3. The molecule has 0 aliphatic rings. The molecule has 5 nitrogen and oxygen atoms in total. The Balaban J connectivity index is 2.95. The summed E-state index contributed by atoms with van der Waals surface area (Å²) in [5.41, 5.74) is 0.761. The van der Waals surface area contributed by atoms with Gasteiger partial charge in [-0.1, -0.05) is 11.6 Å². The summed E-state index contributed by atoms with van der Waals surface area (Å²) < 4.78 is 27.3. The minimum Gasteiger partial charge on any atom is -0.316 e. The molecule has 1 unspecified atom stereocenters. The van der Waals surface area contributed by atoms with Gasteiger partial charge >= 0.3 is 0 Å². The molecule has 0 saturated carbocycles. The molecule has 0 aromatic heterocycles. The van der Waals surface area contributed by atoms with E-state index in [-0.39, 0.29) is 10.9 Å². The standard InChI is InChI=1S/C13H22ClN3O2S/c1-10(9-17(3)4)16-20(18,19)12-5-6-13(14)11(7-12)8-15-2/h5-7,10,15-16H,8-9H2,1-4H3. The molecule has 1 rings (SSSR count). The van der Waals surface area contributed by atoms with Crippen molar-refractivity contribution in [1.82, 2.24) is 14.9 Å². The molecule has 0 amide bonds. The van der Waals surface area contributed by atoms with E-state index in [1.807, 2.05) is 25.9 Å². The van der Waals surface area contributed by atoms with Crippen LogP contribution in [-0.4, -0.2) is 47.0 Å². The molecule has 114 valence electrons. The first kappa shape index (κ1) is 17.4. The van der Waals surface area contributed by atoms with Gasteiger partial charge in [0.2, 0.25) is 10.0 Å². The second kappa shape index (κ2) is 7.38. The zero-order chi connectivity index (χ0) is 15.3. The molecule has 0 heterocycles. The second-order valence-electron chi connectivity index (χ2n) is 5.07. The van der Waals surface area contributed by atoms with Crippen molar-refractivity contribution in [2.24, 2.45) is 0 Å². The number of rotatable bonds is 7. The van der Waals surface area contributed by atoms with Gasteiger partial charge in [-0.05, 0) is 51.8 Å². The van der Waals surface area contributed by atoms with E-state index in [9.17, 15) is 8.42 Å². The van der Waals surface area contributed by atoms with E-state index in [0.29, 0.717) is 18.1 Å². The van der Waals surface area contributed by atoms with E-state index in [1.54, 1.807) is 19.2 Å². The van der Waals surface area contributed by atoms with Gasteiger partial charge in [0, 0.05) is 24.2 Å². The average molecular weight is 320 g/mol. The zero-order valence-corrected chi connectivity index (χ0v) is 13.8. The Kier molecular flexibility index (Phi) is 6.42. The summed E-state index contributed by atoms with van der Waals surface area (Å²) in [6.07, 6.45) is 0. The summed E-state index contributed by atoms with van der Waals surface area (Å²) in [4.78, 5) is 2.17. The number of nitrogens with one attached hydrogen (secondary N) is 2. The highest BCUT2D eigenvalue weighted by atomic mass is 35.5. The van der Waals surface area contributed by atoms with Crippen molar-refractivity contribution in [2.75, 3.05) is 27.7 Å². The third-order valence-corrected chi connectivity index (χ3v) is 4.65. The fraction of sp³-hybridized carbons (Fsp3) is 0.538. The Bertz CT molecular complexity index is 547. The summed E-state index contributed by atoms with van der Waals surface area (Å²) in [7, 11) is 2.06. The zero-order valence-electron chi connectivity index (χ0n) is 12.3. The third kappa shape index (κ3) is 5.03. The van der Waals surface area contributed by atoms with Gasteiger partial charge in [0.1, 0.15) is 0 Å². The van der Waals surface area contributed by atoms with Crippen LogP contribution in [0.4, 0.5) is 0 Å². The fourth-order valence-corrected chi connectivity index (χ4v) is 3.43. The Morgan fingerprint density at radius 2 is 2.00 bits per heavy atom. The van der Waals surface area contributed by atoms with Gasteiger partial charge in [-0.2, -0.15) is 0 Å². The highest BCUT2D eigenvalue weighted by molar-refractivity contribution is 7.89. The number of benzene rings is 1. The third-order valence-electron chi connectivity index (χ3n) is 2.69. The monoisotopic (exact) mass is 319 g/mol. The second-order valence-corrected chi connectivity index (χ2v) is 7.19. The van der Waals surface area contributed by atoms with E-state index >= 15 is 0 Å². The van der Waals surface area contributed by atoms with Gasteiger partial charge in [0.15, 0.2) is 0 Å². The molecular formula is C13H22ClN3O2S. The quantitative estimate of drug-likeness (QED) is 0.795. The maximum absolute atomic E-state index is 12.3. The fourth-order valence-electron chi connectivity index (χ4n) is 1.96. The Hall–Kier alpha value is -0.660. The molecular weight excluding hydrogens is 298 g/mol. The molecule has 0 bridgehead atoms. The van der Waals surface area contributed by atoms with E-state index < -0.39 is 10.0 Å². The van der Waals surface area contributed by atoms with Crippen molar-refractivity contribution in [2.45, 2.75) is 24.4 Å². The SMILES string of the molecule is CNCc1cc(S(=O)(=O)NC(C)CN(C)C)ccc1Cl. The molecule has 1 aromatic rings. The molecule has 0 aliphatic heterocycles. The molecule has 0 fully saturated rings. The molecule has 20 heavy (non-hydrogen) atoms. The van der Waals surface area contributed by atoms with Gasteiger partial charge in [-0.15, -0.1) is 0 Å². The highest BCUT2D eigenvalue weighted by Crippen LogP contribution is 2.20. The molecule has 0 aliphatic carbocycles. The van der Waals surface area contributed by atoms with Crippen LogP contribution in [0.25, 0.3) is 0 Å². The lowest BCUT2D eigenvalue weighted by atomic mass is 10.2. The summed E-state index contributed by atoms with van der Waals surface area (Å²) in [6, 6.07) is 4.56. The van der Waals surface area contributed by atoms with Crippen LogP contribution < -0.4 is 10.0 Å². The van der Waals surface area contributed by atoms with E-state index in [0.717, 1.165) is 5.56 Å². The Labute approximate surface area is 126 Å². The lowest BCUT2D eigenvalue weighted by Crippen LogP contribution is -2.39. The predicted molar refractivity (Wildman–Crippen MR) is 82.6 cm³/mol. The smallest absolute Gasteiger partial charge is 0.240 e. The topological polar surface area (TPSA) is 61.4 Å². The Morgan fingerprint density at radius 1 is 1.35 bits per heavy atom. The van der Waals surface area contributed by atoms with E-state index in [4.69, 9.17) is 11.6 Å². The summed E-state index contributed by atoms with van der Waals surface area (Å²) in [5, 5.41) is 3.52. The lowest BCUT2D eigenvalue weighted by molar-refractivity contribution is 0.370. The predicted octanol–water partition coefficient (Wildman–Crippen LogP) is 1.29. The van der Waals surface area contributed by atoms with Gasteiger partial charge < -0.3 is 10.2 Å². The minimum absolute atomic E-state index is 0.168. The van der Waals surface area contributed by atoms with Crippen molar-refractivity contribution >= 4 is 21.6 Å². The molecule has 0 spiro atoms. The summed E-state index contributed by atoms with van der Waals surface area (Å²) >= 11 is 6.04. The normalized spacial score (nSPS) is 13.7.